The molecule has 2 aromatic rings. The summed E-state index contributed by atoms with van der Waals surface area (Å²) in [6.07, 6.45) is 2.55. The predicted octanol–water partition coefficient (Wildman–Crippen LogP) is 3.47. The number of carbonyl (C=O) groups is 1. The quantitative estimate of drug-likeness (QED) is 0.637. The van der Waals surface area contributed by atoms with Crippen molar-refractivity contribution in [1.29, 1.82) is 0 Å². The lowest BCUT2D eigenvalue weighted by Gasteiger charge is -2.25. The molecule has 0 aromatic heterocycles. The molecular weight excluding hydrogens is 354 g/mol. The van der Waals surface area contributed by atoms with Gasteiger partial charge < -0.3 is 19.5 Å². The van der Waals surface area contributed by atoms with E-state index in [1.54, 1.807) is 0 Å². The maximum absolute atomic E-state index is 12.5. The van der Waals surface area contributed by atoms with Crippen LogP contribution in [0.5, 0.6) is 0 Å². The number of rotatable bonds is 10. The number of hydrogen-bond acceptors (Lipinski definition) is 5. The van der Waals surface area contributed by atoms with Gasteiger partial charge in [0, 0.05) is 0 Å². The van der Waals surface area contributed by atoms with E-state index in [-0.39, 0.29) is 12.0 Å². The van der Waals surface area contributed by atoms with Crippen molar-refractivity contribution in [2.75, 3.05) is 19.8 Å². The molecule has 0 spiro atoms. The van der Waals surface area contributed by atoms with Gasteiger partial charge in [0.2, 0.25) is 0 Å². The molecule has 1 atom stereocenters. The van der Waals surface area contributed by atoms with Crippen LogP contribution in [0.3, 0.4) is 0 Å². The fourth-order valence-corrected chi connectivity index (χ4v) is 3.18. The molecule has 150 valence electrons. The van der Waals surface area contributed by atoms with Gasteiger partial charge in [-0.05, 0) is 30.5 Å². The molecule has 5 nitrogen and oxygen atoms in total. The largest absolute Gasteiger partial charge is 0.456 e. The molecule has 5 heteroatoms. The summed E-state index contributed by atoms with van der Waals surface area (Å²) < 4.78 is 17.3. The second-order valence-corrected chi connectivity index (χ2v) is 7.06. The van der Waals surface area contributed by atoms with Gasteiger partial charge in [0.05, 0.1) is 26.4 Å². The normalized spacial score (nSPS) is 16.8. The minimum atomic E-state index is -0.427. The van der Waals surface area contributed by atoms with Crippen LogP contribution in [0.1, 0.15) is 30.4 Å². The van der Waals surface area contributed by atoms with Crippen molar-refractivity contribution in [2.24, 2.45) is 0 Å². The van der Waals surface area contributed by atoms with E-state index in [1.807, 2.05) is 60.7 Å². The third-order valence-electron chi connectivity index (χ3n) is 4.71. The Morgan fingerprint density at radius 1 is 0.893 bits per heavy atom. The van der Waals surface area contributed by atoms with E-state index in [0.717, 1.165) is 36.9 Å². The van der Waals surface area contributed by atoms with Gasteiger partial charge in [-0.3, -0.25) is 4.79 Å². The third-order valence-corrected chi connectivity index (χ3v) is 4.71. The van der Waals surface area contributed by atoms with E-state index in [9.17, 15) is 4.79 Å². The Kier molecular flexibility index (Phi) is 8.50. The molecule has 1 N–H and O–H groups in total. The first kappa shape index (κ1) is 20.5. The number of piperidine rings is 1. The molecule has 2 aromatic carbocycles. The number of nitrogens with one attached hydrogen (secondary N) is 1. The highest BCUT2D eigenvalue weighted by atomic mass is 16.6. The molecule has 0 aliphatic carbocycles. The summed E-state index contributed by atoms with van der Waals surface area (Å²) in [7, 11) is 0. The van der Waals surface area contributed by atoms with Crippen molar-refractivity contribution < 1.29 is 19.0 Å². The molecule has 1 saturated heterocycles. The summed E-state index contributed by atoms with van der Waals surface area (Å²) >= 11 is 0. The SMILES string of the molecule is O=C(OC(COCc1ccccc1)COCc1ccccc1)[C@@H]1CCCCN1. The average Bonchev–Trinajstić information content (AvgIpc) is 2.75. The standard InChI is InChI=1S/C23H29NO4/c25-23(22-13-7-8-14-24-22)28-21(17-26-15-19-9-3-1-4-10-19)18-27-16-20-11-5-2-6-12-20/h1-6,9-12,21-22,24H,7-8,13-18H2/t22-/m0/s1. The van der Waals surface area contributed by atoms with E-state index in [0.29, 0.717) is 26.4 Å². The van der Waals surface area contributed by atoms with Crippen LogP contribution in [0.4, 0.5) is 0 Å². The third kappa shape index (κ3) is 7.08. The maximum atomic E-state index is 12.5. The number of carbonyl (C=O) groups excluding carboxylic acids is 1. The lowest BCUT2D eigenvalue weighted by molar-refractivity contribution is -0.160. The van der Waals surface area contributed by atoms with E-state index >= 15 is 0 Å². The van der Waals surface area contributed by atoms with E-state index in [1.165, 1.54) is 0 Å². The van der Waals surface area contributed by atoms with E-state index in [2.05, 4.69) is 5.32 Å². The van der Waals surface area contributed by atoms with Gasteiger partial charge >= 0.3 is 5.97 Å². The number of esters is 1. The topological polar surface area (TPSA) is 56.8 Å². The molecule has 0 radical (unpaired) electrons. The van der Waals surface area contributed by atoms with Crippen LogP contribution in [-0.2, 0) is 32.2 Å². The number of benzene rings is 2. The Hall–Kier alpha value is -2.21. The van der Waals surface area contributed by atoms with Crippen LogP contribution in [0, 0.1) is 0 Å². The second-order valence-electron chi connectivity index (χ2n) is 7.06. The van der Waals surface area contributed by atoms with Crippen molar-refractivity contribution >= 4 is 5.97 Å². The summed E-state index contributed by atoms with van der Waals surface area (Å²) in [6.45, 7) is 2.44. The second kappa shape index (κ2) is 11.6. The highest BCUT2D eigenvalue weighted by Gasteiger charge is 2.25. The van der Waals surface area contributed by atoms with Crippen molar-refractivity contribution in [1.82, 2.24) is 5.32 Å². The first-order valence-electron chi connectivity index (χ1n) is 9.98. The summed E-state index contributed by atoms with van der Waals surface area (Å²) in [5, 5.41) is 3.23. The molecule has 28 heavy (non-hydrogen) atoms. The van der Waals surface area contributed by atoms with Crippen LogP contribution in [0.2, 0.25) is 0 Å². The van der Waals surface area contributed by atoms with Gasteiger partial charge in [0.15, 0.2) is 0 Å². The Labute approximate surface area is 167 Å². The number of ether oxygens (including phenoxy) is 3. The van der Waals surface area contributed by atoms with Gasteiger partial charge in [0.1, 0.15) is 12.1 Å². The summed E-state index contributed by atoms with van der Waals surface area (Å²) in [5.41, 5.74) is 2.18. The van der Waals surface area contributed by atoms with Crippen LogP contribution >= 0.6 is 0 Å². The molecule has 1 aliphatic heterocycles. The zero-order valence-corrected chi connectivity index (χ0v) is 16.2. The van der Waals surface area contributed by atoms with Crippen LogP contribution in [0.25, 0.3) is 0 Å². The lowest BCUT2D eigenvalue weighted by atomic mass is 10.1. The van der Waals surface area contributed by atoms with Crippen molar-refractivity contribution in [3.63, 3.8) is 0 Å². The Morgan fingerprint density at radius 2 is 1.46 bits per heavy atom. The van der Waals surface area contributed by atoms with Crippen molar-refractivity contribution in [3.8, 4) is 0 Å². The van der Waals surface area contributed by atoms with E-state index in [4.69, 9.17) is 14.2 Å². The summed E-state index contributed by atoms with van der Waals surface area (Å²) in [5.74, 6) is -0.212. The molecule has 0 bridgehead atoms. The lowest BCUT2D eigenvalue weighted by Crippen LogP contribution is -2.44. The van der Waals surface area contributed by atoms with Crippen LogP contribution in [0.15, 0.2) is 60.7 Å². The molecule has 1 aliphatic rings. The van der Waals surface area contributed by atoms with Gasteiger partial charge in [-0.2, -0.15) is 0 Å². The van der Waals surface area contributed by atoms with Gasteiger partial charge in [-0.25, -0.2) is 0 Å². The average molecular weight is 383 g/mol. The predicted molar refractivity (Wildman–Crippen MR) is 108 cm³/mol. The van der Waals surface area contributed by atoms with Gasteiger partial charge in [0.25, 0.3) is 0 Å². The van der Waals surface area contributed by atoms with Crippen molar-refractivity contribution in [3.05, 3.63) is 71.8 Å². The van der Waals surface area contributed by atoms with Gasteiger partial charge in [-0.15, -0.1) is 0 Å². The fourth-order valence-electron chi connectivity index (χ4n) is 3.18. The monoisotopic (exact) mass is 383 g/mol. The molecule has 1 fully saturated rings. The Morgan fingerprint density at radius 3 is 1.96 bits per heavy atom. The molecular formula is C23H29NO4. The first-order chi connectivity index (χ1) is 13.8. The van der Waals surface area contributed by atoms with Crippen LogP contribution in [-0.4, -0.2) is 37.9 Å². The molecule has 0 amide bonds. The van der Waals surface area contributed by atoms with Crippen LogP contribution < -0.4 is 5.32 Å². The maximum Gasteiger partial charge on any atom is 0.323 e. The minimum Gasteiger partial charge on any atom is -0.456 e. The molecule has 1 heterocycles. The molecule has 0 saturated carbocycles. The smallest absolute Gasteiger partial charge is 0.323 e. The van der Waals surface area contributed by atoms with Gasteiger partial charge in [-0.1, -0.05) is 67.1 Å². The molecule has 0 unspecified atom stereocenters. The highest BCUT2D eigenvalue weighted by molar-refractivity contribution is 5.76. The fraction of sp³-hybridized carbons (Fsp3) is 0.435. The zero-order chi connectivity index (χ0) is 19.4. The zero-order valence-electron chi connectivity index (χ0n) is 16.2. The highest BCUT2D eigenvalue weighted by Crippen LogP contribution is 2.11. The summed E-state index contributed by atoms with van der Waals surface area (Å²) in [6, 6.07) is 19.7. The first-order valence-corrected chi connectivity index (χ1v) is 9.98. The van der Waals surface area contributed by atoms with Crippen molar-refractivity contribution in [2.45, 2.75) is 44.6 Å². The van der Waals surface area contributed by atoms with E-state index < -0.39 is 6.10 Å². The summed E-state index contributed by atoms with van der Waals surface area (Å²) in [4.78, 5) is 12.5. The number of hydrogen-bond donors (Lipinski definition) is 1. The Balaban J connectivity index is 1.49. The Bertz CT molecular complexity index is 641. The molecule has 3 rings (SSSR count). The minimum absolute atomic E-state index is 0.212.